The molecule has 0 heterocycles. The van der Waals surface area contributed by atoms with Crippen LogP contribution in [0.4, 0.5) is 0 Å². The number of hydrogen-bond donors (Lipinski definition) is 2. The van der Waals surface area contributed by atoms with E-state index in [1.54, 1.807) is 0 Å². The van der Waals surface area contributed by atoms with Crippen LogP contribution in [0, 0.1) is 0 Å². The molecular weight excluding hydrogens is 238 g/mol. The minimum Gasteiger partial charge on any atom is -0.368 e. The van der Waals surface area contributed by atoms with Crippen molar-refractivity contribution in [3.05, 3.63) is 0 Å². The van der Waals surface area contributed by atoms with Gasteiger partial charge in [0.05, 0.1) is 5.54 Å². The van der Waals surface area contributed by atoms with Gasteiger partial charge in [-0.05, 0) is 52.1 Å². The molecule has 0 radical (unpaired) electrons. The van der Waals surface area contributed by atoms with E-state index in [-0.39, 0.29) is 5.91 Å². The highest BCUT2D eigenvalue weighted by Gasteiger charge is 2.42. The summed E-state index contributed by atoms with van der Waals surface area (Å²) in [5.41, 5.74) is 5.19. The number of carbonyl (C=O) groups excluding carboxylic acids is 1. The van der Waals surface area contributed by atoms with Gasteiger partial charge < -0.3 is 11.1 Å². The first kappa shape index (κ1) is 16.4. The number of rotatable bonds is 7. The van der Waals surface area contributed by atoms with Crippen molar-refractivity contribution in [1.82, 2.24) is 10.2 Å². The third-order valence-electron chi connectivity index (χ3n) is 4.70. The number of nitrogens with one attached hydrogen (secondary N) is 1. The van der Waals surface area contributed by atoms with Gasteiger partial charge in [0.1, 0.15) is 0 Å². The standard InChI is InChI=1S/C15H31N3O/c1-5-12(4)18(7-3)13-9-8-10-15(11-13,14(16)19)17-6-2/h12-13,17H,5-11H2,1-4H3,(H2,16,19). The zero-order valence-corrected chi connectivity index (χ0v) is 13.0. The Hall–Kier alpha value is -0.610. The molecule has 19 heavy (non-hydrogen) atoms. The number of nitrogens with two attached hydrogens (primary N) is 1. The van der Waals surface area contributed by atoms with Gasteiger partial charge in [0.2, 0.25) is 5.91 Å². The van der Waals surface area contributed by atoms with Crippen LogP contribution in [-0.4, -0.2) is 41.5 Å². The molecule has 1 aliphatic rings. The van der Waals surface area contributed by atoms with Crippen LogP contribution >= 0.6 is 0 Å². The number of primary amides is 1. The molecule has 0 spiro atoms. The second-order valence-corrected chi connectivity index (χ2v) is 5.81. The lowest BCUT2D eigenvalue weighted by Gasteiger charge is -2.45. The lowest BCUT2D eigenvalue weighted by Crippen LogP contribution is -2.61. The summed E-state index contributed by atoms with van der Waals surface area (Å²) in [6.07, 6.45) is 5.14. The Balaban J connectivity index is 2.84. The van der Waals surface area contributed by atoms with E-state index in [0.29, 0.717) is 12.1 Å². The molecule has 0 aliphatic heterocycles. The average Bonchev–Trinajstić information content (AvgIpc) is 2.40. The summed E-state index contributed by atoms with van der Waals surface area (Å²) in [6, 6.07) is 1.04. The minimum atomic E-state index is -0.488. The summed E-state index contributed by atoms with van der Waals surface area (Å²) in [7, 11) is 0. The van der Waals surface area contributed by atoms with Crippen molar-refractivity contribution in [2.45, 2.75) is 77.4 Å². The Morgan fingerprint density at radius 3 is 2.63 bits per heavy atom. The first-order valence-corrected chi connectivity index (χ1v) is 7.81. The molecule has 0 aromatic heterocycles. The smallest absolute Gasteiger partial charge is 0.237 e. The van der Waals surface area contributed by atoms with Crippen LogP contribution < -0.4 is 11.1 Å². The lowest BCUT2D eigenvalue weighted by atomic mass is 9.77. The molecule has 0 aromatic carbocycles. The maximum Gasteiger partial charge on any atom is 0.237 e. The maximum atomic E-state index is 11.9. The van der Waals surface area contributed by atoms with E-state index in [4.69, 9.17) is 5.73 Å². The first-order valence-electron chi connectivity index (χ1n) is 7.81. The monoisotopic (exact) mass is 269 g/mol. The molecule has 0 aromatic rings. The predicted molar refractivity (Wildman–Crippen MR) is 80.0 cm³/mol. The minimum absolute atomic E-state index is 0.181. The Kier molecular flexibility index (Phi) is 6.27. The molecule has 1 rings (SSSR count). The van der Waals surface area contributed by atoms with Crippen LogP contribution in [0.3, 0.4) is 0 Å². The number of nitrogens with zero attached hydrogens (tertiary/aromatic N) is 1. The van der Waals surface area contributed by atoms with Crippen LogP contribution in [0.15, 0.2) is 0 Å². The van der Waals surface area contributed by atoms with Gasteiger partial charge in [-0.1, -0.05) is 20.8 Å². The zero-order chi connectivity index (χ0) is 14.5. The molecule has 112 valence electrons. The highest BCUT2D eigenvalue weighted by atomic mass is 16.1. The van der Waals surface area contributed by atoms with Crippen molar-refractivity contribution >= 4 is 5.91 Å². The zero-order valence-electron chi connectivity index (χ0n) is 13.0. The molecule has 1 fully saturated rings. The second-order valence-electron chi connectivity index (χ2n) is 5.81. The van der Waals surface area contributed by atoms with Gasteiger partial charge >= 0.3 is 0 Å². The van der Waals surface area contributed by atoms with Gasteiger partial charge in [-0.3, -0.25) is 9.69 Å². The van der Waals surface area contributed by atoms with Crippen molar-refractivity contribution < 1.29 is 4.79 Å². The Morgan fingerprint density at radius 1 is 1.47 bits per heavy atom. The normalized spacial score (nSPS) is 29.4. The number of carbonyl (C=O) groups is 1. The van der Waals surface area contributed by atoms with Crippen molar-refractivity contribution in [2.24, 2.45) is 5.73 Å². The van der Waals surface area contributed by atoms with Gasteiger partial charge in [0.25, 0.3) is 0 Å². The lowest BCUT2D eigenvalue weighted by molar-refractivity contribution is -0.127. The molecule has 1 amide bonds. The first-order chi connectivity index (χ1) is 9.00. The molecule has 1 saturated carbocycles. The second kappa shape index (κ2) is 7.25. The fraction of sp³-hybridized carbons (Fsp3) is 0.933. The highest BCUT2D eigenvalue weighted by molar-refractivity contribution is 5.84. The van der Waals surface area contributed by atoms with Crippen molar-refractivity contribution in [1.29, 1.82) is 0 Å². The average molecular weight is 269 g/mol. The molecule has 1 aliphatic carbocycles. The van der Waals surface area contributed by atoms with Crippen molar-refractivity contribution in [3.63, 3.8) is 0 Å². The molecule has 0 bridgehead atoms. The van der Waals surface area contributed by atoms with E-state index in [1.165, 1.54) is 6.42 Å². The molecule has 4 heteroatoms. The van der Waals surface area contributed by atoms with Crippen molar-refractivity contribution in [3.8, 4) is 0 Å². The van der Waals surface area contributed by atoms with Crippen LogP contribution in [0.25, 0.3) is 0 Å². The number of hydrogen-bond acceptors (Lipinski definition) is 3. The molecule has 3 N–H and O–H groups in total. The number of likely N-dealkylation sites (N-methyl/N-ethyl adjacent to an activating group) is 1. The van der Waals surface area contributed by atoms with Gasteiger partial charge in [-0.15, -0.1) is 0 Å². The predicted octanol–water partition coefficient (Wildman–Crippen LogP) is 1.88. The molecule has 4 nitrogen and oxygen atoms in total. The van der Waals surface area contributed by atoms with Gasteiger partial charge in [-0.2, -0.15) is 0 Å². The molecule has 3 unspecified atom stereocenters. The van der Waals surface area contributed by atoms with Crippen LogP contribution in [0.2, 0.25) is 0 Å². The topological polar surface area (TPSA) is 58.4 Å². The summed E-state index contributed by atoms with van der Waals surface area (Å²) >= 11 is 0. The third-order valence-corrected chi connectivity index (χ3v) is 4.70. The fourth-order valence-corrected chi connectivity index (χ4v) is 3.50. The van der Waals surface area contributed by atoms with Crippen LogP contribution in [0.1, 0.15) is 59.8 Å². The molecule has 3 atom stereocenters. The quantitative estimate of drug-likeness (QED) is 0.742. The van der Waals surface area contributed by atoms with Crippen molar-refractivity contribution in [2.75, 3.05) is 13.1 Å². The van der Waals surface area contributed by atoms with E-state index in [2.05, 4.69) is 31.0 Å². The Bertz CT molecular complexity index is 291. The van der Waals surface area contributed by atoms with E-state index < -0.39 is 5.54 Å². The third kappa shape index (κ3) is 3.69. The highest BCUT2D eigenvalue weighted by Crippen LogP contribution is 2.32. The largest absolute Gasteiger partial charge is 0.368 e. The van der Waals surface area contributed by atoms with Crippen LogP contribution in [0.5, 0.6) is 0 Å². The Morgan fingerprint density at radius 2 is 2.16 bits per heavy atom. The van der Waals surface area contributed by atoms with Gasteiger partial charge in [-0.25, -0.2) is 0 Å². The van der Waals surface area contributed by atoms with Gasteiger partial charge in [0, 0.05) is 12.1 Å². The van der Waals surface area contributed by atoms with E-state index in [1.807, 2.05) is 6.92 Å². The van der Waals surface area contributed by atoms with E-state index >= 15 is 0 Å². The van der Waals surface area contributed by atoms with E-state index in [9.17, 15) is 4.79 Å². The fourth-order valence-electron chi connectivity index (χ4n) is 3.50. The Labute approximate surface area is 118 Å². The summed E-state index contributed by atoms with van der Waals surface area (Å²) < 4.78 is 0. The summed E-state index contributed by atoms with van der Waals surface area (Å²) in [4.78, 5) is 14.4. The molecule has 0 saturated heterocycles. The summed E-state index contributed by atoms with van der Waals surface area (Å²) in [5.74, 6) is -0.181. The van der Waals surface area contributed by atoms with Crippen LogP contribution in [-0.2, 0) is 4.79 Å². The van der Waals surface area contributed by atoms with E-state index in [0.717, 1.165) is 38.8 Å². The molecular formula is C15H31N3O. The SMILES string of the molecule is CCNC1(C(N)=O)CCCC(N(CC)C(C)CC)C1. The van der Waals surface area contributed by atoms with Gasteiger partial charge in [0.15, 0.2) is 0 Å². The number of amides is 1. The summed E-state index contributed by atoms with van der Waals surface area (Å²) in [5, 5.41) is 3.36. The summed E-state index contributed by atoms with van der Waals surface area (Å²) in [6.45, 7) is 10.6. The maximum absolute atomic E-state index is 11.9.